The first kappa shape index (κ1) is 35.4. The molecule has 1 heterocycles. The van der Waals surface area contributed by atoms with E-state index in [0.29, 0.717) is 56.1 Å². The molecule has 12 nitrogen and oxygen atoms in total. The highest BCUT2D eigenvalue weighted by Gasteiger charge is 2.31. The fourth-order valence-corrected chi connectivity index (χ4v) is 5.56. The van der Waals surface area contributed by atoms with Gasteiger partial charge in [0, 0.05) is 16.9 Å². The van der Waals surface area contributed by atoms with Gasteiger partial charge in [0.1, 0.15) is 6.04 Å². The molecule has 0 radical (unpaired) electrons. The summed E-state index contributed by atoms with van der Waals surface area (Å²) >= 11 is 1.16. The normalized spacial score (nSPS) is 14.1. The maximum Gasteiger partial charge on any atom is 0.338 e. The van der Waals surface area contributed by atoms with Crippen molar-refractivity contribution < 1.29 is 43.2 Å². The van der Waals surface area contributed by atoms with E-state index in [1.807, 2.05) is 0 Å². The van der Waals surface area contributed by atoms with Gasteiger partial charge in [-0.15, -0.1) is 0 Å². The summed E-state index contributed by atoms with van der Waals surface area (Å²) in [4.78, 5) is 43.2. The largest absolute Gasteiger partial charge is 0.504 e. The zero-order chi connectivity index (χ0) is 34.8. The van der Waals surface area contributed by atoms with Crippen LogP contribution in [-0.4, -0.2) is 68.7 Å². The molecule has 3 aromatic rings. The zero-order valence-electron chi connectivity index (χ0n) is 27.4. The Labute approximate surface area is 282 Å². The number of phenols is 1. The van der Waals surface area contributed by atoms with E-state index in [9.17, 15) is 19.5 Å². The number of benzene rings is 3. The number of amides is 1. The first-order valence-electron chi connectivity index (χ1n) is 14.8. The van der Waals surface area contributed by atoms with Crippen LogP contribution in [0.2, 0.25) is 0 Å². The Bertz CT molecular complexity index is 1740. The predicted molar refractivity (Wildman–Crippen MR) is 184 cm³/mol. The Hall–Kier alpha value is -5.43. The Balaban J connectivity index is 1.40. The van der Waals surface area contributed by atoms with Crippen molar-refractivity contribution in [3.63, 3.8) is 0 Å². The summed E-state index contributed by atoms with van der Waals surface area (Å²) in [5.41, 5.74) is 3.08. The van der Waals surface area contributed by atoms with Crippen molar-refractivity contribution in [2.75, 3.05) is 46.1 Å². The fraction of sp³-hybridized carbons (Fsp3) is 0.257. The first-order chi connectivity index (χ1) is 23.1. The number of hydrogen-bond donors (Lipinski definition) is 3. The minimum absolute atomic E-state index is 0.0116. The van der Waals surface area contributed by atoms with E-state index in [1.54, 1.807) is 68.5 Å². The summed E-state index contributed by atoms with van der Waals surface area (Å²) in [6.07, 6.45) is 3.09. The third-order valence-corrected chi connectivity index (χ3v) is 8.03. The van der Waals surface area contributed by atoms with Gasteiger partial charge in [0.05, 0.1) is 46.4 Å². The summed E-state index contributed by atoms with van der Waals surface area (Å²) in [7, 11) is 5.98. The van der Waals surface area contributed by atoms with Crippen LogP contribution in [0.25, 0.3) is 6.08 Å². The third-order valence-electron chi connectivity index (χ3n) is 7.14. The molecule has 1 aliphatic heterocycles. The van der Waals surface area contributed by atoms with Crippen molar-refractivity contribution in [3.8, 4) is 28.7 Å². The molecule has 3 aromatic carbocycles. The molecule has 48 heavy (non-hydrogen) atoms. The molecule has 0 saturated carbocycles. The van der Waals surface area contributed by atoms with Crippen LogP contribution in [0, 0.1) is 0 Å². The summed E-state index contributed by atoms with van der Waals surface area (Å²) in [6, 6.07) is 14.0. The number of nitrogens with one attached hydrogen (secondary N) is 2. The van der Waals surface area contributed by atoms with E-state index >= 15 is 0 Å². The van der Waals surface area contributed by atoms with Crippen molar-refractivity contribution in [3.05, 3.63) is 88.6 Å². The minimum atomic E-state index is -0.752. The molecular formula is C35H37N3O9S. The van der Waals surface area contributed by atoms with E-state index in [1.165, 1.54) is 40.6 Å². The molecular weight excluding hydrogens is 638 g/mol. The molecule has 1 atom stereocenters. The number of ether oxygens (including phenoxy) is 5. The molecule has 1 amide bonds. The number of aromatic hydroxyl groups is 1. The Kier molecular flexibility index (Phi) is 12.1. The number of hydrogen-bond acceptors (Lipinski definition) is 12. The predicted octanol–water partition coefficient (Wildman–Crippen LogP) is 5.53. The SMILES string of the molecule is CCOC(=O)C1=C(C)NC(SCC(=O)Nc2ccc(C(=O)/C=C/c3cc(OC)c(OC)c(OC)c3)cc2)=N[C@H]1c1ccc(O)c(OC)c1. The molecule has 0 spiro atoms. The van der Waals surface area contributed by atoms with E-state index in [2.05, 4.69) is 10.6 Å². The number of methoxy groups -OCH3 is 4. The highest BCUT2D eigenvalue weighted by atomic mass is 32.2. The van der Waals surface area contributed by atoms with E-state index in [-0.39, 0.29) is 35.5 Å². The average molecular weight is 676 g/mol. The number of ketones is 1. The summed E-state index contributed by atoms with van der Waals surface area (Å²) in [5, 5.41) is 16.4. The molecule has 13 heteroatoms. The van der Waals surface area contributed by atoms with Crippen molar-refractivity contribution in [1.29, 1.82) is 0 Å². The highest BCUT2D eigenvalue weighted by Crippen LogP contribution is 2.39. The van der Waals surface area contributed by atoms with Crippen LogP contribution in [0.3, 0.4) is 0 Å². The van der Waals surface area contributed by atoms with Gasteiger partial charge in [0.2, 0.25) is 11.7 Å². The molecule has 252 valence electrons. The molecule has 0 unspecified atom stereocenters. The lowest BCUT2D eigenvalue weighted by Gasteiger charge is -2.26. The van der Waals surface area contributed by atoms with Gasteiger partial charge in [-0.2, -0.15) is 0 Å². The molecule has 3 N–H and O–H groups in total. The van der Waals surface area contributed by atoms with Crippen LogP contribution in [-0.2, 0) is 14.3 Å². The maximum absolute atomic E-state index is 12.8. The number of thioether (sulfide) groups is 1. The molecule has 1 aliphatic rings. The van der Waals surface area contributed by atoms with E-state index < -0.39 is 12.0 Å². The summed E-state index contributed by atoms with van der Waals surface area (Å²) in [6.45, 7) is 3.64. The first-order valence-corrected chi connectivity index (χ1v) is 15.8. The zero-order valence-corrected chi connectivity index (χ0v) is 28.2. The molecule has 0 aliphatic carbocycles. The number of aliphatic imine (C=N–C) groups is 1. The summed E-state index contributed by atoms with van der Waals surface area (Å²) in [5.74, 6) is 0.541. The number of anilines is 1. The van der Waals surface area contributed by atoms with Gasteiger partial charge < -0.3 is 39.4 Å². The van der Waals surface area contributed by atoms with Crippen molar-refractivity contribution in [2.24, 2.45) is 4.99 Å². The fourth-order valence-electron chi connectivity index (χ4n) is 4.81. The van der Waals surface area contributed by atoms with Crippen molar-refractivity contribution >= 4 is 46.4 Å². The molecule has 0 bridgehead atoms. The molecule has 0 saturated heterocycles. The van der Waals surface area contributed by atoms with Crippen LogP contribution in [0.5, 0.6) is 28.7 Å². The number of nitrogens with zero attached hydrogens (tertiary/aromatic N) is 1. The van der Waals surface area contributed by atoms with Crippen LogP contribution in [0.15, 0.2) is 76.9 Å². The van der Waals surface area contributed by atoms with Gasteiger partial charge in [-0.1, -0.05) is 23.9 Å². The number of amidine groups is 1. The lowest BCUT2D eigenvalue weighted by atomic mass is 9.96. The smallest absolute Gasteiger partial charge is 0.338 e. The average Bonchev–Trinajstić information content (AvgIpc) is 3.09. The van der Waals surface area contributed by atoms with Gasteiger partial charge in [-0.3, -0.25) is 9.59 Å². The standard InChI is InChI=1S/C35H37N3O9S/c1-7-47-34(42)31-20(2)36-35(38-32(31)23-11-15-26(40)27(18-23)43-3)48-19-30(41)37-24-12-9-22(10-13-24)25(39)14-8-21-16-28(44-4)33(46-6)29(17-21)45-5/h8-18,32,40H,7,19H2,1-6H3,(H,36,38)(H,37,41)/b14-8+/t32-/m0/s1. The second-order valence-corrected chi connectivity index (χ2v) is 11.2. The summed E-state index contributed by atoms with van der Waals surface area (Å²) < 4.78 is 26.6. The Morgan fingerprint density at radius 3 is 2.21 bits per heavy atom. The van der Waals surface area contributed by atoms with Gasteiger partial charge in [0.15, 0.2) is 33.9 Å². The lowest BCUT2D eigenvalue weighted by Crippen LogP contribution is -2.31. The number of rotatable bonds is 13. The van der Waals surface area contributed by atoms with E-state index in [4.69, 9.17) is 28.7 Å². The van der Waals surface area contributed by atoms with Crippen LogP contribution in [0.4, 0.5) is 5.69 Å². The van der Waals surface area contributed by atoms with E-state index in [0.717, 1.165) is 11.8 Å². The highest BCUT2D eigenvalue weighted by molar-refractivity contribution is 8.14. The van der Waals surface area contributed by atoms with Crippen LogP contribution < -0.4 is 29.6 Å². The second kappa shape index (κ2) is 16.4. The topological polar surface area (TPSA) is 154 Å². The van der Waals surface area contributed by atoms with Gasteiger partial charge in [0.25, 0.3) is 0 Å². The van der Waals surface area contributed by atoms with Crippen molar-refractivity contribution in [1.82, 2.24) is 5.32 Å². The Morgan fingerprint density at radius 1 is 0.938 bits per heavy atom. The molecule has 4 rings (SSSR count). The minimum Gasteiger partial charge on any atom is -0.504 e. The number of allylic oxidation sites excluding steroid dienone is 2. The number of carbonyl (C=O) groups is 3. The van der Waals surface area contributed by atoms with Gasteiger partial charge in [-0.05, 0) is 79.6 Å². The second-order valence-electron chi connectivity index (χ2n) is 10.2. The van der Waals surface area contributed by atoms with Gasteiger partial charge >= 0.3 is 5.97 Å². The van der Waals surface area contributed by atoms with Crippen molar-refractivity contribution in [2.45, 2.75) is 19.9 Å². The quantitative estimate of drug-likeness (QED) is 0.119. The Morgan fingerprint density at radius 2 is 1.60 bits per heavy atom. The van der Waals surface area contributed by atoms with Crippen LogP contribution >= 0.6 is 11.8 Å². The van der Waals surface area contributed by atoms with Gasteiger partial charge in [-0.25, -0.2) is 9.79 Å². The number of carbonyl (C=O) groups excluding carboxylic acids is 3. The number of esters is 1. The lowest BCUT2D eigenvalue weighted by molar-refractivity contribution is -0.139. The van der Waals surface area contributed by atoms with Crippen LogP contribution in [0.1, 0.15) is 41.4 Å². The monoisotopic (exact) mass is 675 g/mol. The molecule has 0 fully saturated rings. The number of phenolic OH excluding ortho intramolecular Hbond substituents is 1. The third kappa shape index (κ3) is 8.48. The maximum atomic E-state index is 12.8. The molecule has 0 aromatic heterocycles.